The number of Topliss-reactive ketones (excluding diaryl/α,β-unsaturated/α-hetero) is 1. The smallest absolute Gasteiger partial charge is 0.302 e. The zero-order valence-corrected chi connectivity index (χ0v) is 7.92. The molecule has 1 atom stereocenters. The van der Waals surface area contributed by atoms with Crippen molar-refractivity contribution in [2.75, 3.05) is 0 Å². The quantitative estimate of drug-likeness (QED) is 0.593. The highest BCUT2D eigenvalue weighted by atomic mass is 16.5. The minimum absolute atomic E-state index is 0.159. The molecule has 0 aromatic heterocycles. The van der Waals surface area contributed by atoms with Crippen molar-refractivity contribution in [3.63, 3.8) is 0 Å². The predicted molar refractivity (Wildman–Crippen MR) is 45.8 cm³/mol. The maximum atomic E-state index is 11.0. The highest BCUT2D eigenvalue weighted by Gasteiger charge is 2.10. The lowest BCUT2D eigenvalue weighted by Crippen LogP contribution is -2.16. The molecule has 0 heterocycles. The van der Waals surface area contributed by atoms with Crippen LogP contribution in [0, 0.1) is 0 Å². The number of carbonyl (C=O) groups is 2. The summed E-state index contributed by atoms with van der Waals surface area (Å²) in [7, 11) is 0. The van der Waals surface area contributed by atoms with Gasteiger partial charge < -0.3 is 4.74 Å². The number of carbonyl (C=O) groups excluding carboxylic acids is 2. The largest absolute Gasteiger partial charge is 0.462 e. The van der Waals surface area contributed by atoms with Crippen LogP contribution in [0.2, 0.25) is 0 Å². The Labute approximate surface area is 73.1 Å². The molecule has 0 saturated heterocycles. The zero-order valence-electron chi connectivity index (χ0n) is 7.92. The van der Waals surface area contributed by atoms with Crippen molar-refractivity contribution in [3.05, 3.63) is 0 Å². The van der Waals surface area contributed by atoms with Crippen LogP contribution in [-0.2, 0) is 14.3 Å². The standard InChI is InChI=1S/C9H16O3/c1-4-5-9(11)6-7(2)12-8(3)10/h7H,4-6H2,1-3H3. The molecule has 0 fully saturated rings. The van der Waals surface area contributed by atoms with Crippen LogP contribution in [0.1, 0.15) is 40.0 Å². The van der Waals surface area contributed by atoms with Crippen LogP contribution >= 0.6 is 0 Å². The molecule has 0 aromatic carbocycles. The van der Waals surface area contributed by atoms with Crippen LogP contribution < -0.4 is 0 Å². The highest BCUT2D eigenvalue weighted by Crippen LogP contribution is 2.02. The third kappa shape index (κ3) is 5.89. The van der Waals surface area contributed by atoms with Gasteiger partial charge in [0.05, 0.1) is 0 Å². The molecular weight excluding hydrogens is 156 g/mol. The molecular formula is C9H16O3. The van der Waals surface area contributed by atoms with E-state index in [0.29, 0.717) is 12.8 Å². The Balaban J connectivity index is 3.61. The van der Waals surface area contributed by atoms with Crippen LogP contribution in [0.25, 0.3) is 0 Å². The van der Waals surface area contributed by atoms with E-state index in [1.807, 2.05) is 6.92 Å². The lowest BCUT2D eigenvalue weighted by Gasteiger charge is -2.09. The van der Waals surface area contributed by atoms with E-state index in [1.165, 1.54) is 6.92 Å². The first-order valence-corrected chi connectivity index (χ1v) is 4.25. The van der Waals surface area contributed by atoms with Gasteiger partial charge in [-0.25, -0.2) is 0 Å². The van der Waals surface area contributed by atoms with Gasteiger partial charge in [-0.1, -0.05) is 6.92 Å². The van der Waals surface area contributed by atoms with Gasteiger partial charge in [0, 0.05) is 19.8 Å². The van der Waals surface area contributed by atoms with Gasteiger partial charge in [-0.05, 0) is 13.3 Å². The van der Waals surface area contributed by atoms with Crippen molar-refractivity contribution in [2.45, 2.75) is 46.1 Å². The Hall–Kier alpha value is -0.860. The van der Waals surface area contributed by atoms with Gasteiger partial charge in [-0.2, -0.15) is 0 Å². The summed E-state index contributed by atoms with van der Waals surface area (Å²) in [5.41, 5.74) is 0. The van der Waals surface area contributed by atoms with E-state index < -0.39 is 0 Å². The summed E-state index contributed by atoms with van der Waals surface area (Å²) in [6.45, 7) is 5.03. The monoisotopic (exact) mass is 172 g/mol. The summed E-state index contributed by atoms with van der Waals surface area (Å²) in [5.74, 6) is -0.168. The Kier molecular flexibility index (Phi) is 5.34. The van der Waals surface area contributed by atoms with Crippen molar-refractivity contribution in [3.8, 4) is 0 Å². The van der Waals surface area contributed by atoms with E-state index in [4.69, 9.17) is 4.74 Å². The van der Waals surface area contributed by atoms with Crippen molar-refractivity contribution in [1.82, 2.24) is 0 Å². The summed E-state index contributed by atoms with van der Waals surface area (Å²) in [6.07, 6.45) is 1.49. The summed E-state index contributed by atoms with van der Waals surface area (Å²) in [4.78, 5) is 21.5. The molecule has 0 N–H and O–H groups in total. The van der Waals surface area contributed by atoms with E-state index in [0.717, 1.165) is 6.42 Å². The zero-order chi connectivity index (χ0) is 9.56. The van der Waals surface area contributed by atoms with Crippen LogP contribution in [-0.4, -0.2) is 17.9 Å². The topological polar surface area (TPSA) is 43.4 Å². The second-order valence-corrected chi connectivity index (χ2v) is 2.91. The minimum Gasteiger partial charge on any atom is -0.462 e. The first kappa shape index (κ1) is 11.1. The Morgan fingerprint density at radius 1 is 1.42 bits per heavy atom. The first-order valence-electron chi connectivity index (χ1n) is 4.25. The van der Waals surface area contributed by atoms with Crippen LogP contribution in [0.4, 0.5) is 0 Å². The second kappa shape index (κ2) is 5.75. The minimum atomic E-state index is -0.327. The molecule has 1 unspecified atom stereocenters. The Morgan fingerprint density at radius 2 is 2.00 bits per heavy atom. The van der Waals surface area contributed by atoms with Crippen molar-refractivity contribution in [1.29, 1.82) is 0 Å². The van der Waals surface area contributed by atoms with Gasteiger partial charge in [0.15, 0.2) is 0 Å². The Bertz CT molecular complexity index is 163. The van der Waals surface area contributed by atoms with Gasteiger partial charge in [0.25, 0.3) is 0 Å². The van der Waals surface area contributed by atoms with E-state index in [2.05, 4.69) is 0 Å². The molecule has 0 aliphatic carbocycles. The fraction of sp³-hybridized carbons (Fsp3) is 0.778. The summed E-state index contributed by atoms with van der Waals surface area (Å²) < 4.78 is 4.81. The lowest BCUT2D eigenvalue weighted by molar-refractivity contribution is -0.146. The highest BCUT2D eigenvalue weighted by molar-refractivity contribution is 5.79. The second-order valence-electron chi connectivity index (χ2n) is 2.91. The SMILES string of the molecule is CCCC(=O)CC(C)OC(C)=O. The van der Waals surface area contributed by atoms with E-state index in [1.54, 1.807) is 6.92 Å². The average Bonchev–Trinajstić information content (AvgIpc) is 1.84. The number of rotatable bonds is 5. The third-order valence-electron chi connectivity index (χ3n) is 1.41. The van der Waals surface area contributed by atoms with Crippen LogP contribution in [0.3, 0.4) is 0 Å². The third-order valence-corrected chi connectivity index (χ3v) is 1.41. The van der Waals surface area contributed by atoms with Crippen molar-refractivity contribution >= 4 is 11.8 Å². The lowest BCUT2D eigenvalue weighted by atomic mass is 10.1. The molecule has 3 nitrogen and oxygen atoms in total. The van der Waals surface area contributed by atoms with Crippen molar-refractivity contribution in [2.24, 2.45) is 0 Å². The van der Waals surface area contributed by atoms with Gasteiger partial charge in [0.1, 0.15) is 11.9 Å². The molecule has 3 heteroatoms. The first-order chi connectivity index (χ1) is 5.56. The van der Waals surface area contributed by atoms with Crippen LogP contribution in [0.15, 0.2) is 0 Å². The maximum absolute atomic E-state index is 11.0. The van der Waals surface area contributed by atoms with Gasteiger partial charge in [-0.15, -0.1) is 0 Å². The summed E-state index contributed by atoms with van der Waals surface area (Å²) >= 11 is 0. The molecule has 12 heavy (non-hydrogen) atoms. The molecule has 0 aromatic rings. The number of ketones is 1. The molecule has 70 valence electrons. The number of esters is 1. The average molecular weight is 172 g/mol. The molecule has 0 saturated carbocycles. The van der Waals surface area contributed by atoms with Gasteiger partial charge in [0.2, 0.25) is 0 Å². The molecule has 0 radical (unpaired) electrons. The summed E-state index contributed by atoms with van der Waals surface area (Å²) in [6, 6.07) is 0. The molecule has 0 bridgehead atoms. The molecule has 0 rings (SSSR count). The normalized spacial score (nSPS) is 12.2. The fourth-order valence-corrected chi connectivity index (χ4v) is 1.03. The maximum Gasteiger partial charge on any atom is 0.302 e. The van der Waals surface area contributed by atoms with E-state index in [9.17, 15) is 9.59 Å². The number of hydrogen-bond acceptors (Lipinski definition) is 3. The van der Waals surface area contributed by atoms with E-state index >= 15 is 0 Å². The molecule has 0 amide bonds. The molecule has 0 spiro atoms. The van der Waals surface area contributed by atoms with Crippen LogP contribution in [0.5, 0.6) is 0 Å². The Morgan fingerprint density at radius 3 is 2.42 bits per heavy atom. The molecule has 0 aliphatic heterocycles. The summed E-state index contributed by atoms with van der Waals surface area (Å²) in [5, 5.41) is 0. The van der Waals surface area contributed by atoms with Gasteiger partial charge >= 0.3 is 5.97 Å². The van der Waals surface area contributed by atoms with Crippen molar-refractivity contribution < 1.29 is 14.3 Å². The predicted octanol–water partition coefficient (Wildman–Crippen LogP) is 1.70. The number of hydrogen-bond donors (Lipinski definition) is 0. The number of ether oxygens (including phenoxy) is 1. The van der Waals surface area contributed by atoms with E-state index in [-0.39, 0.29) is 17.9 Å². The fourth-order valence-electron chi connectivity index (χ4n) is 1.03. The van der Waals surface area contributed by atoms with Gasteiger partial charge in [-0.3, -0.25) is 9.59 Å². The molecule has 0 aliphatic rings.